The van der Waals surface area contributed by atoms with E-state index in [1.54, 1.807) is 7.11 Å². The number of hydrogen-bond acceptors (Lipinski definition) is 3. The molecular formula is C19H32IN3O2. The monoisotopic (exact) mass is 461 g/mol. The van der Waals surface area contributed by atoms with Crippen molar-refractivity contribution in [3.8, 4) is 5.75 Å². The van der Waals surface area contributed by atoms with Crippen molar-refractivity contribution in [3.05, 3.63) is 29.8 Å². The number of nitrogens with one attached hydrogen (secondary N) is 1. The lowest BCUT2D eigenvalue weighted by Crippen LogP contribution is -2.45. The lowest BCUT2D eigenvalue weighted by molar-refractivity contribution is 0.119. The molecular weight excluding hydrogens is 429 g/mol. The van der Waals surface area contributed by atoms with E-state index in [0.29, 0.717) is 6.61 Å². The average Bonchev–Trinajstić information content (AvgIpc) is 2.63. The van der Waals surface area contributed by atoms with Gasteiger partial charge in [0, 0.05) is 33.3 Å². The second-order valence-electron chi connectivity index (χ2n) is 6.40. The zero-order valence-electron chi connectivity index (χ0n) is 15.7. The molecule has 0 radical (unpaired) electrons. The summed E-state index contributed by atoms with van der Waals surface area (Å²) in [6.07, 6.45) is 3.48. The standard InChI is InChI=1S/C19H31N3O2.HI/c1-16-9-12-22(13-10-16)19(20-2)21-11-4-14-24-15-17-5-7-18(23-3)8-6-17;/h5-8,16H,4,9-15H2,1-3H3,(H,20,21);1H. The Morgan fingerprint density at radius 3 is 2.52 bits per heavy atom. The van der Waals surface area contributed by atoms with Crippen LogP contribution in [-0.2, 0) is 11.3 Å². The highest BCUT2D eigenvalue weighted by Gasteiger charge is 2.18. The fraction of sp³-hybridized carbons (Fsp3) is 0.632. The normalized spacial score (nSPS) is 15.6. The summed E-state index contributed by atoms with van der Waals surface area (Å²) < 4.78 is 10.9. The molecule has 1 aromatic rings. The molecule has 5 nitrogen and oxygen atoms in total. The van der Waals surface area contributed by atoms with Gasteiger partial charge in [-0.25, -0.2) is 0 Å². The molecule has 142 valence electrons. The van der Waals surface area contributed by atoms with E-state index in [1.807, 2.05) is 31.3 Å². The van der Waals surface area contributed by atoms with Crippen LogP contribution in [0.4, 0.5) is 0 Å². The number of nitrogens with zero attached hydrogens (tertiary/aromatic N) is 2. The van der Waals surface area contributed by atoms with Gasteiger partial charge in [0.2, 0.25) is 0 Å². The first-order chi connectivity index (χ1) is 11.7. The Balaban J connectivity index is 0.00000312. The number of piperidine rings is 1. The summed E-state index contributed by atoms with van der Waals surface area (Å²) in [5, 5.41) is 3.45. The number of halogens is 1. The summed E-state index contributed by atoms with van der Waals surface area (Å²) in [6, 6.07) is 8.00. The highest BCUT2D eigenvalue weighted by molar-refractivity contribution is 14.0. The second kappa shape index (κ2) is 12.4. The summed E-state index contributed by atoms with van der Waals surface area (Å²) in [7, 11) is 3.54. The van der Waals surface area contributed by atoms with Gasteiger partial charge in [0.25, 0.3) is 0 Å². The van der Waals surface area contributed by atoms with Crippen molar-refractivity contribution in [1.29, 1.82) is 0 Å². The highest BCUT2D eigenvalue weighted by Crippen LogP contribution is 2.15. The average molecular weight is 461 g/mol. The summed E-state index contributed by atoms with van der Waals surface area (Å²) in [4.78, 5) is 6.76. The van der Waals surface area contributed by atoms with Gasteiger partial charge in [-0.3, -0.25) is 4.99 Å². The van der Waals surface area contributed by atoms with Crippen molar-refractivity contribution in [3.63, 3.8) is 0 Å². The van der Waals surface area contributed by atoms with Crippen LogP contribution < -0.4 is 10.1 Å². The van der Waals surface area contributed by atoms with E-state index >= 15 is 0 Å². The van der Waals surface area contributed by atoms with E-state index in [-0.39, 0.29) is 24.0 Å². The third kappa shape index (κ3) is 7.81. The Hall–Kier alpha value is -1.02. The zero-order chi connectivity index (χ0) is 17.2. The summed E-state index contributed by atoms with van der Waals surface area (Å²) in [6.45, 7) is 6.81. The summed E-state index contributed by atoms with van der Waals surface area (Å²) >= 11 is 0. The molecule has 0 unspecified atom stereocenters. The minimum Gasteiger partial charge on any atom is -0.497 e. The van der Waals surface area contributed by atoms with Gasteiger partial charge in [-0.1, -0.05) is 19.1 Å². The topological polar surface area (TPSA) is 46.1 Å². The number of guanidine groups is 1. The molecule has 1 aliphatic heterocycles. The second-order valence-corrected chi connectivity index (χ2v) is 6.40. The van der Waals surface area contributed by atoms with Gasteiger partial charge in [-0.05, 0) is 42.9 Å². The summed E-state index contributed by atoms with van der Waals surface area (Å²) in [5.41, 5.74) is 1.17. The van der Waals surface area contributed by atoms with Crippen LogP contribution in [0.25, 0.3) is 0 Å². The van der Waals surface area contributed by atoms with Crippen molar-refractivity contribution in [2.75, 3.05) is 40.4 Å². The molecule has 1 N–H and O–H groups in total. The van der Waals surface area contributed by atoms with Gasteiger partial charge in [0.1, 0.15) is 5.75 Å². The maximum Gasteiger partial charge on any atom is 0.193 e. The van der Waals surface area contributed by atoms with Crippen LogP contribution in [0.1, 0.15) is 31.7 Å². The lowest BCUT2D eigenvalue weighted by atomic mass is 10.00. The van der Waals surface area contributed by atoms with Crippen molar-refractivity contribution in [1.82, 2.24) is 10.2 Å². The Bertz CT molecular complexity index is 500. The summed E-state index contributed by atoms with van der Waals surface area (Å²) in [5.74, 6) is 2.74. The van der Waals surface area contributed by atoms with Gasteiger partial charge in [0.15, 0.2) is 5.96 Å². The van der Waals surface area contributed by atoms with Gasteiger partial charge in [-0.2, -0.15) is 0 Å². The first kappa shape index (κ1) is 22.0. The van der Waals surface area contributed by atoms with Gasteiger partial charge < -0.3 is 19.7 Å². The number of benzene rings is 1. The predicted octanol–water partition coefficient (Wildman–Crippen LogP) is 3.53. The molecule has 1 aliphatic rings. The largest absolute Gasteiger partial charge is 0.497 e. The van der Waals surface area contributed by atoms with Crippen LogP contribution in [0.15, 0.2) is 29.3 Å². The fourth-order valence-electron chi connectivity index (χ4n) is 2.84. The molecule has 1 fully saturated rings. The van der Waals surface area contributed by atoms with E-state index in [2.05, 4.69) is 22.1 Å². The van der Waals surface area contributed by atoms with Crippen LogP contribution in [0.5, 0.6) is 5.75 Å². The molecule has 25 heavy (non-hydrogen) atoms. The minimum absolute atomic E-state index is 0. The molecule has 0 aliphatic carbocycles. The van der Waals surface area contributed by atoms with Crippen molar-refractivity contribution in [2.24, 2.45) is 10.9 Å². The van der Waals surface area contributed by atoms with Crippen molar-refractivity contribution >= 4 is 29.9 Å². The number of ether oxygens (including phenoxy) is 2. The van der Waals surface area contributed by atoms with Gasteiger partial charge >= 0.3 is 0 Å². The molecule has 0 atom stereocenters. The molecule has 1 aromatic carbocycles. The number of methoxy groups -OCH3 is 1. The lowest BCUT2D eigenvalue weighted by Gasteiger charge is -2.32. The van der Waals surface area contributed by atoms with E-state index in [4.69, 9.17) is 9.47 Å². The maximum absolute atomic E-state index is 5.73. The van der Waals surface area contributed by atoms with Crippen molar-refractivity contribution < 1.29 is 9.47 Å². The van der Waals surface area contributed by atoms with Crippen LogP contribution in [0.3, 0.4) is 0 Å². The van der Waals surface area contributed by atoms with Crippen LogP contribution in [-0.4, -0.2) is 51.3 Å². The van der Waals surface area contributed by atoms with Crippen LogP contribution >= 0.6 is 24.0 Å². The molecule has 1 saturated heterocycles. The Labute approximate surface area is 169 Å². The number of rotatable bonds is 7. The molecule has 6 heteroatoms. The Morgan fingerprint density at radius 1 is 1.24 bits per heavy atom. The molecule has 0 amide bonds. The Kier molecular flexibility index (Phi) is 10.9. The molecule has 0 spiro atoms. The number of likely N-dealkylation sites (tertiary alicyclic amines) is 1. The SMILES string of the molecule is CN=C(NCCCOCc1ccc(OC)cc1)N1CCC(C)CC1.I. The molecule has 0 saturated carbocycles. The number of hydrogen-bond donors (Lipinski definition) is 1. The molecule has 1 heterocycles. The van der Waals surface area contributed by atoms with Gasteiger partial charge in [-0.15, -0.1) is 24.0 Å². The van der Waals surface area contributed by atoms with E-state index in [9.17, 15) is 0 Å². The van der Waals surface area contributed by atoms with E-state index < -0.39 is 0 Å². The van der Waals surface area contributed by atoms with E-state index in [1.165, 1.54) is 18.4 Å². The molecule has 0 aromatic heterocycles. The van der Waals surface area contributed by atoms with Crippen molar-refractivity contribution in [2.45, 2.75) is 32.8 Å². The third-order valence-corrected chi connectivity index (χ3v) is 4.47. The zero-order valence-corrected chi connectivity index (χ0v) is 18.0. The molecule has 0 bridgehead atoms. The van der Waals surface area contributed by atoms with Crippen LogP contribution in [0, 0.1) is 5.92 Å². The van der Waals surface area contributed by atoms with Gasteiger partial charge in [0.05, 0.1) is 13.7 Å². The quantitative estimate of drug-likeness (QED) is 0.292. The maximum atomic E-state index is 5.73. The molecule has 2 rings (SSSR count). The third-order valence-electron chi connectivity index (χ3n) is 4.47. The van der Waals surface area contributed by atoms with Crippen LogP contribution in [0.2, 0.25) is 0 Å². The first-order valence-electron chi connectivity index (χ1n) is 8.89. The number of aliphatic imine (C=N–C) groups is 1. The predicted molar refractivity (Wildman–Crippen MR) is 114 cm³/mol. The minimum atomic E-state index is 0. The smallest absolute Gasteiger partial charge is 0.193 e. The highest BCUT2D eigenvalue weighted by atomic mass is 127. The van der Waals surface area contributed by atoms with E-state index in [0.717, 1.165) is 50.3 Å². The Morgan fingerprint density at radius 2 is 1.92 bits per heavy atom. The first-order valence-corrected chi connectivity index (χ1v) is 8.89. The fourth-order valence-corrected chi connectivity index (χ4v) is 2.84.